The summed E-state index contributed by atoms with van der Waals surface area (Å²) in [6, 6.07) is 16.8. The molecule has 0 amide bonds. The zero-order chi connectivity index (χ0) is 22.4. The number of ether oxygens (including phenoxy) is 2. The molecule has 2 aromatic carbocycles. The maximum Gasteiger partial charge on any atom is 0.375 e. The lowest BCUT2D eigenvalue weighted by molar-refractivity contribution is 0.0450. The number of benzene rings is 2. The number of rotatable bonds is 8. The smallest absolute Gasteiger partial charge is 0.375 e. The van der Waals surface area contributed by atoms with Crippen LogP contribution in [0.15, 0.2) is 59.4 Å². The van der Waals surface area contributed by atoms with Crippen LogP contribution in [0.3, 0.4) is 0 Å². The fraction of sp³-hybridized carbons (Fsp3) is 0.320. The van der Waals surface area contributed by atoms with E-state index in [0.29, 0.717) is 23.6 Å². The monoisotopic (exact) mass is 420 g/mol. The van der Waals surface area contributed by atoms with Crippen LogP contribution in [0.5, 0.6) is 5.75 Å². The van der Waals surface area contributed by atoms with Crippen molar-refractivity contribution in [2.75, 3.05) is 7.11 Å². The molecule has 0 fully saturated rings. The lowest BCUT2D eigenvalue weighted by Crippen LogP contribution is -2.33. The average molecular weight is 421 g/mol. The molecule has 162 valence electrons. The number of carbonyl (C=O) groups is 1. The summed E-state index contributed by atoms with van der Waals surface area (Å²) in [6.07, 6.45) is 0.597. The van der Waals surface area contributed by atoms with Crippen molar-refractivity contribution in [3.05, 3.63) is 93.2 Å². The van der Waals surface area contributed by atoms with Crippen LogP contribution in [-0.2, 0) is 24.3 Å². The van der Waals surface area contributed by atoms with Crippen molar-refractivity contribution >= 4 is 5.97 Å². The van der Waals surface area contributed by atoms with Gasteiger partial charge in [0.25, 0.3) is 5.56 Å². The van der Waals surface area contributed by atoms with E-state index in [1.54, 1.807) is 14.0 Å². The Morgan fingerprint density at radius 1 is 1.03 bits per heavy atom. The van der Waals surface area contributed by atoms with Gasteiger partial charge in [-0.25, -0.2) is 9.78 Å². The van der Waals surface area contributed by atoms with Gasteiger partial charge in [-0.15, -0.1) is 0 Å². The molecule has 0 aliphatic heterocycles. The molecule has 1 heterocycles. The van der Waals surface area contributed by atoms with Crippen molar-refractivity contribution in [3.8, 4) is 5.75 Å². The highest BCUT2D eigenvalue weighted by atomic mass is 16.5. The lowest BCUT2D eigenvalue weighted by atomic mass is 10.0. The summed E-state index contributed by atoms with van der Waals surface area (Å²) in [5, 5.41) is 0. The van der Waals surface area contributed by atoms with Crippen LogP contribution in [-0.4, -0.2) is 22.6 Å². The van der Waals surface area contributed by atoms with Crippen LogP contribution in [0.1, 0.15) is 46.9 Å². The van der Waals surface area contributed by atoms with Gasteiger partial charge in [-0.2, -0.15) is 0 Å². The lowest BCUT2D eigenvalue weighted by Gasteiger charge is -2.16. The molecule has 0 spiro atoms. The fourth-order valence-corrected chi connectivity index (χ4v) is 3.35. The van der Waals surface area contributed by atoms with Crippen LogP contribution in [0.25, 0.3) is 0 Å². The molecule has 0 N–H and O–H groups in total. The molecule has 1 aromatic heterocycles. The van der Waals surface area contributed by atoms with Crippen LogP contribution in [0, 0.1) is 12.8 Å². The normalized spacial score (nSPS) is 10.9. The number of nitrogens with zero attached hydrogens (tertiary/aromatic N) is 2. The Morgan fingerprint density at radius 3 is 2.32 bits per heavy atom. The molecule has 3 rings (SSSR count). The van der Waals surface area contributed by atoms with Crippen molar-refractivity contribution in [1.82, 2.24) is 9.55 Å². The molecule has 6 nitrogen and oxygen atoms in total. The molecule has 0 bridgehead atoms. The molecule has 31 heavy (non-hydrogen) atoms. The Morgan fingerprint density at radius 2 is 1.71 bits per heavy atom. The second-order valence-electron chi connectivity index (χ2n) is 7.90. The van der Waals surface area contributed by atoms with Gasteiger partial charge in [0.15, 0.2) is 0 Å². The first-order valence-electron chi connectivity index (χ1n) is 10.3. The van der Waals surface area contributed by atoms with E-state index in [4.69, 9.17) is 9.47 Å². The Balaban J connectivity index is 1.97. The van der Waals surface area contributed by atoms with E-state index in [9.17, 15) is 9.59 Å². The number of hydrogen-bond acceptors (Lipinski definition) is 5. The van der Waals surface area contributed by atoms with Crippen molar-refractivity contribution in [2.45, 2.75) is 40.3 Å². The topological polar surface area (TPSA) is 70.4 Å². The van der Waals surface area contributed by atoms with Gasteiger partial charge in [-0.05, 0) is 42.5 Å². The molecule has 6 heteroatoms. The molecule has 0 saturated carbocycles. The van der Waals surface area contributed by atoms with Gasteiger partial charge in [0, 0.05) is 11.3 Å². The van der Waals surface area contributed by atoms with Gasteiger partial charge in [0.05, 0.1) is 13.7 Å². The number of hydrogen-bond donors (Lipinski definition) is 0. The minimum Gasteiger partial charge on any atom is -0.497 e. The minimum atomic E-state index is -0.617. The summed E-state index contributed by atoms with van der Waals surface area (Å²) in [4.78, 5) is 30.7. The Bertz CT molecular complexity index is 1090. The van der Waals surface area contributed by atoms with Gasteiger partial charge in [-0.3, -0.25) is 9.36 Å². The fourth-order valence-electron chi connectivity index (χ4n) is 3.35. The van der Waals surface area contributed by atoms with Crippen LogP contribution in [0.4, 0.5) is 0 Å². The predicted molar refractivity (Wildman–Crippen MR) is 119 cm³/mol. The molecular weight excluding hydrogens is 392 g/mol. The number of aromatic nitrogens is 2. The molecule has 0 saturated heterocycles. The second-order valence-corrected chi connectivity index (χ2v) is 7.90. The maximum atomic E-state index is 13.3. The summed E-state index contributed by atoms with van der Waals surface area (Å²) >= 11 is 0. The summed E-state index contributed by atoms with van der Waals surface area (Å²) in [7, 11) is 1.60. The van der Waals surface area contributed by atoms with Crippen molar-refractivity contribution in [1.29, 1.82) is 0 Å². The SMILES string of the molecule is COc1ccc(Cn2c(C(=O)OCc3ccccc3)nc(C)c(CC(C)C)c2=O)cc1. The number of methoxy groups -OCH3 is 1. The maximum absolute atomic E-state index is 13.3. The number of carbonyl (C=O) groups excluding carboxylic acids is 1. The average Bonchev–Trinajstić information content (AvgIpc) is 2.77. The summed E-state index contributed by atoms with van der Waals surface area (Å²) in [6.45, 7) is 6.20. The van der Waals surface area contributed by atoms with Gasteiger partial charge >= 0.3 is 5.97 Å². The molecule has 0 aliphatic rings. The standard InChI is InChI=1S/C25H28N2O4/c1-17(2)14-22-18(3)26-23(25(29)31-16-20-8-6-5-7-9-20)27(24(22)28)15-19-10-12-21(30-4)13-11-19/h5-13,17H,14-16H2,1-4H3. The summed E-state index contributed by atoms with van der Waals surface area (Å²) in [5.74, 6) is 0.412. The van der Waals surface area contributed by atoms with Crippen LogP contribution >= 0.6 is 0 Å². The number of esters is 1. The van der Waals surface area contributed by atoms with Gasteiger partial charge in [0.2, 0.25) is 5.82 Å². The van der Waals surface area contributed by atoms with E-state index in [1.165, 1.54) is 4.57 Å². The van der Waals surface area contributed by atoms with E-state index >= 15 is 0 Å². The molecule has 0 radical (unpaired) electrons. The first-order chi connectivity index (χ1) is 14.9. The van der Waals surface area contributed by atoms with Crippen molar-refractivity contribution < 1.29 is 14.3 Å². The van der Waals surface area contributed by atoms with E-state index in [1.807, 2.05) is 54.6 Å². The molecular formula is C25H28N2O4. The highest BCUT2D eigenvalue weighted by Gasteiger charge is 2.21. The highest BCUT2D eigenvalue weighted by Crippen LogP contribution is 2.15. The second kappa shape index (κ2) is 10.1. The Labute approximate surface area is 182 Å². The summed E-state index contributed by atoms with van der Waals surface area (Å²) in [5.41, 5.74) is 2.72. The first kappa shape index (κ1) is 22.3. The third kappa shape index (κ3) is 5.60. The van der Waals surface area contributed by atoms with E-state index < -0.39 is 5.97 Å². The molecule has 0 unspecified atom stereocenters. The quantitative estimate of drug-likeness (QED) is 0.512. The molecule has 0 aliphatic carbocycles. The van der Waals surface area contributed by atoms with E-state index in [0.717, 1.165) is 16.9 Å². The zero-order valence-electron chi connectivity index (χ0n) is 18.4. The van der Waals surface area contributed by atoms with Crippen molar-refractivity contribution in [2.24, 2.45) is 5.92 Å². The van der Waals surface area contributed by atoms with Gasteiger partial charge in [0.1, 0.15) is 12.4 Å². The Kier molecular flexibility index (Phi) is 7.23. The molecule has 3 aromatic rings. The third-order valence-corrected chi connectivity index (χ3v) is 4.98. The van der Waals surface area contributed by atoms with Crippen LogP contribution in [0.2, 0.25) is 0 Å². The van der Waals surface area contributed by atoms with E-state index in [-0.39, 0.29) is 24.5 Å². The van der Waals surface area contributed by atoms with E-state index in [2.05, 4.69) is 18.8 Å². The number of aryl methyl sites for hydroxylation is 1. The first-order valence-corrected chi connectivity index (χ1v) is 10.3. The predicted octanol–water partition coefficient (Wildman–Crippen LogP) is 4.16. The highest BCUT2D eigenvalue weighted by molar-refractivity contribution is 5.85. The van der Waals surface area contributed by atoms with Gasteiger partial charge in [-0.1, -0.05) is 56.3 Å². The van der Waals surface area contributed by atoms with Crippen LogP contribution < -0.4 is 10.3 Å². The van der Waals surface area contributed by atoms with Crippen molar-refractivity contribution in [3.63, 3.8) is 0 Å². The Hall–Kier alpha value is -3.41. The largest absolute Gasteiger partial charge is 0.497 e. The summed E-state index contributed by atoms with van der Waals surface area (Å²) < 4.78 is 12.1. The zero-order valence-corrected chi connectivity index (χ0v) is 18.4. The molecule has 0 atom stereocenters. The van der Waals surface area contributed by atoms with Gasteiger partial charge < -0.3 is 9.47 Å². The minimum absolute atomic E-state index is 0.0155. The third-order valence-electron chi connectivity index (χ3n) is 4.98.